The van der Waals surface area contributed by atoms with Crippen LogP contribution in [-0.2, 0) is 0 Å². The van der Waals surface area contributed by atoms with Crippen molar-refractivity contribution in [3.05, 3.63) is 29.0 Å². The molecule has 0 saturated heterocycles. The Balaban J connectivity index is 1.80. The third-order valence-corrected chi connectivity index (χ3v) is 3.72. The summed E-state index contributed by atoms with van der Waals surface area (Å²) in [6.07, 6.45) is 3.23. The van der Waals surface area contributed by atoms with E-state index in [-0.39, 0.29) is 22.7 Å². The summed E-state index contributed by atoms with van der Waals surface area (Å²) in [5.41, 5.74) is 0.0931. The second-order valence-electron chi connectivity index (χ2n) is 5.15. The Labute approximate surface area is 122 Å². The molecule has 0 spiro atoms. The van der Waals surface area contributed by atoms with Gasteiger partial charge in [0, 0.05) is 11.6 Å². The number of aliphatic hydroxyl groups excluding tert-OH is 1. The van der Waals surface area contributed by atoms with Crippen molar-refractivity contribution in [1.82, 2.24) is 5.32 Å². The lowest BCUT2D eigenvalue weighted by Crippen LogP contribution is -2.35. The van der Waals surface area contributed by atoms with E-state index in [0.717, 1.165) is 25.3 Å². The van der Waals surface area contributed by atoms with Crippen LogP contribution in [0.15, 0.2) is 18.2 Å². The Morgan fingerprint density at radius 1 is 1.45 bits per heavy atom. The lowest BCUT2D eigenvalue weighted by Gasteiger charge is -2.25. The fourth-order valence-corrected chi connectivity index (χ4v) is 2.60. The van der Waals surface area contributed by atoms with Gasteiger partial charge in [-0.3, -0.25) is 0 Å². The predicted octanol–water partition coefficient (Wildman–Crippen LogP) is 3.15. The number of aliphatic hydroxyl groups is 1. The first-order valence-corrected chi connectivity index (χ1v) is 7.10. The molecule has 1 aromatic carbocycles. The van der Waals surface area contributed by atoms with Crippen LogP contribution >= 0.6 is 11.6 Å². The third-order valence-electron chi connectivity index (χ3n) is 3.49. The fourth-order valence-electron chi connectivity index (χ4n) is 2.44. The van der Waals surface area contributed by atoms with Gasteiger partial charge in [0.25, 0.3) is 0 Å². The molecule has 1 aliphatic carbocycles. The van der Waals surface area contributed by atoms with Crippen LogP contribution in [-0.4, -0.2) is 23.8 Å². The summed E-state index contributed by atoms with van der Waals surface area (Å²) in [6.45, 7) is 0.484. The molecule has 1 fully saturated rings. The molecule has 110 valence electrons. The number of anilines is 1. The maximum absolute atomic E-state index is 13.5. The normalized spacial score (nSPS) is 22.4. The zero-order valence-corrected chi connectivity index (χ0v) is 11.8. The molecular formula is C14H18ClFN2O2. The molecule has 0 aromatic heterocycles. The van der Waals surface area contributed by atoms with Gasteiger partial charge in [-0.05, 0) is 43.4 Å². The van der Waals surface area contributed by atoms with Crippen LogP contribution < -0.4 is 10.6 Å². The van der Waals surface area contributed by atoms with Crippen molar-refractivity contribution < 1.29 is 14.3 Å². The van der Waals surface area contributed by atoms with Gasteiger partial charge in [-0.15, -0.1) is 0 Å². The molecule has 0 aliphatic heterocycles. The van der Waals surface area contributed by atoms with Crippen molar-refractivity contribution in [2.75, 3.05) is 11.9 Å². The van der Waals surface area contributed by atoms with E-state index in [1.807, 2.05) is 0 Å². The minimum absolute atomic E-state index is 0.0931. The van der Waals surface area contributed by atoms with Crippen molar-refractivity contribution in [2.24, 2.45) is 5.92 Å². The SMILES string of the molecule is O=C(NCC1CCCC(O)C1)Nc1ccc(Cl)cc1F. The Morgan fingerprint density at radius 3 is 2.95 bits per heavy atom. The van der Waals surface area contributed by atoms with E-state index in [1.165, 1.54) is 12.1 Å². The molecule has 0 heterocycles. The zero-order valence-electron chi connectivity index (χ0n) is 11.0. The van der Waals surface area contributed by atoms with Gasteiger partial charge < -0.3 is 15.7 Å². The fraction of sp³-hybridized carbons (Fsp3) is 0.500. The van der Waals surface area contributed by atoms with Gasteiger partial charge in [0.05, 0.1) is 11.8 Å². The van der Waals surface area contributed by atoms with Gasteiger partial charge in [-0.2, -0.15) is 0 Å². The average molecular weight is 301 g/mol. The Hall–Kier alpha value is -1.33. The summed E-state index contributed by atoms with van der Waals surface area (Å²) in [5, 5.41) is 15.0. The highest BCUT2D eigenvalue weighted by Crippen LogP contribution is 2.23. The molecule has 2 atom stereocenters. The number of amides is 2. The van der Waals surface area contributed by atoms with Gasteiger partial charge in [0.15, 0.2) is 0 Å². The number of halogens is 2. The Morgan fingerprint density at radius 2 is 2.25 bits per heavy atom. The maximum atomic E-state index is 13.5. The quantitative estimate of drug-likeness (QED) is 0.803. The van der Waals surface area contributed by atoms with E-state index in [0.29, 0.717) is 13.0 Å². The molecule has 20 heavy (non-hydrogen) atoms. The Bertz CT molecular complexity index is 484. The molecule has 0 radical (unpaired) electrons. The highest BCUT2D eigenvalue weighted by atomic mass is 35.5. The molecule has 3 N–H and O–H groups in total. The van der Waals surface area contributed by atoms with Gasteiger partial charge in [-0.1, -0.05) is 18.0 Å². The Kier molecular flexibility index (Phi) is 5.20. The number of carbonyl (C=O) groups excluding carboxylic acids is 1. The summed E-state index contributed by atoms with van der Waals surface area (Å²) < 4.78 is 13.5. The van der Waals surface area contributed by atoms with E-state index in [9.17, 15) is 14.3 Å². The molecule has 2 amide bonds. The van der Waals surface area contributed by atoms with Gasteiger partial charge in [0.2, 0.25) is 0 Å². The van der Waals surface area contributed by atoms with Gasteiger partial charge in [0.1, 0.15) is 5.82 Å². The van der Waals surface area contributed by atoms with Crippen LogP contribution in [0.2, 0.25) is 5.02 Å². The third kappa shape index (κ3) is 4.35. The summed E-state index contributed by atoms with van der Waals surface area (Å²) in [7, 11) is 0. The summed E-state index contributed by atoms with van der Waals surface area (Å²) in [6, 6.07) is 3.62. The molecule has 1 aromatic rings. The number of nitrogens with one attached hydrogen (secondary N) is 2. The van der Waals surface area contributed by atoms with Crippen LogP contribution in [0.1, 0.15) is 25.7 Å². The maximum Gasteiger partial charge on any atom is 0.319 e. The van der Waals surface area contributed by atoms with Crippen LogP contribution in [0, 0.1) is 11.7 Å². The van der Waals surface area contributed by atoms with E-state index in [4.69, 9.17) is 11.6 Å². The van der Waals surface area contributed by atoms with Crippen LogP contribution in [0.5, 0.6) is 0 Å². The molecule has 4 nitrogen and oxygen atoms in total. The topological polar surface area (TPSA) is 61.4 Å². The number of carbonyl (C=O) groups is 1. The first kappa shape index (κ1) is 15.1. The molecule has 2 rings (SSSR count). The zero-order chi connectivity index (χ0) is 14.5. The second kappa shape index (κ2) is 6.90. The summed E-state index contributed by atoms with van der Waals surface area (Å²) in [5.74, 6) is -0.291. The second-order valence-corrected chi connectivity index (χ2v) is 5.58. The average Bonchev–Trinajstić information content (AvgIpc) is 2.40. The van der Waals surface area contributed by atoms with Crippen LogP contribution in [0.4, 0.5) is 14.9 Å². The number of benzene rings is 1. The summed E-state index contributed by atoms with van der Waals surface area (Å²) >= 11 is 5.64. The first-order chi connectivity index (χ1) is 9.54. The molecule has 1 aliphatic rings. The predicted molar refractivity (Wildman–Crippen MR) is 76.4 cm³/mol. The number of hydrogen-bond donors (Lipinski definition) is 3. The molecule has 0 bridgehead atoms. The van der Waals surface area contributed by atoms with Gasteiger partial charge >= 0.3 is 6.03 Å². The lowest BCUT2D eigenvalue weighted by atomic mass is 9.87. The van der Waals surface area contributed by atoms with Crippen molar-refractivity contribution in [3.8, 4) is 0 Å². The highest BCUT2D eigenvalue weighted by molar-refractivity contribution is 6.30. The standard InChI is InChI=1S/C14H18ClFN2O2/c15-10-4-5-13(12(16)7-10)18-14(20)17-8-9-2-1-3-11(19)6-9/h4-5,7,9,11,19H,1-3,6,8H2,(H2,17,18,20). The van der Waals surface area contributed by atoms with E-state index >= 15 is 0 Å². The molecular weight excluding hydrogens is 283 g/mol. The number of urea groups is 1. The van der Waals surface area contributed by atoms with E-state index in [2.05, 4.69) is 10.6 Å². The van der Waals surface area contributed by atoms with Crippen molar-refractivity contribution >= 4 is 23.3 Å². The number of hydrogen-bond acceptors (Lipinski definition) is 2. The number of rotatable bonds is 3. The van der Waals surface area contributed by atoms with Crippen molar-refractivity contribution in [2.45, 2.75) is 31.8 Å². The summed E-state index contributed by atoms with van der Waals surface area (Å²) in [4.78, 5) is 11.7. The van der Waals surface area contributed by atoms with Crippen LogP contribution in [0.3, 0.4) is 0 Å². The molecule has 1 saturated carbocycles. The van der Waals surface area contributed by atoms with Crippen LogP contribution in [0.25, 0.3) is 0 Å². The van der Waals surface area contributed by atoms with Crippen molar-refractivity contribution in [1.29, 1.82) is 0 Å². The van der Waals surface area contributed by atoms with Gasteiger partial charge in [-0.25, -0.2) is 9.18 Å². The highest BCUT2D eigenvalue weighted by Gasteiger charge is 2.20. The minimum Gasteiger partial charge on any atom is -0.393 e. The van der Waals surface area contributed by atoms with E-state index in [1.54, 1.807) is 0 Å². The first-order valence-electron chi connectivity index (χ1n) is 6.72. The van der Waals surface area contributed by atoms with E-state index < -0.39 is 11.8 Å². The molecule has 2 unspecified atom stereocenters. The molecule has 6 heteroatoms. The van der Waals surface area contributed by atoms with Crippen molar-refractivity contribution in [3.63, 3.8) is 0 Å². The largest absolute Gasteiger partial charge is 0.393 e. The minimum atomic E-state index is -0.569. The monoisotopic (exact) mass is 300 g/mol. The lowest BCUT2D eigenvalue weighted by molar-refractivity contribution is 0.101. The smallest absolute Gasteiger partial charge is 0.319 e.